The number of likely N-dealkylation sites (N-methyl/N-ethyl adjacent to an activating group) is 1. The molecule has 1 unspecified atom stereocenters. The third kappa shape index (κ3) is 3.76. The maximum absolute atomic E-state index is 4.71. The lowest BCUT2D eigenvalue weighted by Gasteiger charge is -2.17. The van der Waals surface area contributed by atoms with Gasteiger partial charge in [-0.2, -0.15) is 16.9 Å². The molecule has 0 aliphatic carbocycles. The summed E-state index contributed by atoms with van der Waals surface area (Å²) >= 11 is 2.01. The van der Waals surface area contributed by atoms with Crippen molar-refractivity contribution in [3.63, 3.8) is 0 Å². The van der Waals surface area contributed by atoms with Crippen LogP contribution >= 0.6 is 11.8 Å². The van der Waals surface area contributed by atoms with Crippen LogP contribution in [0.2, 0.25) is 0 Å². The van der Waals surface area contributed by atoms with E-state index in [0.29, 0.717) is 11.3 Å². The molecule has 0 bridgehead atoms. The number of benzene rings is 1. The van der Waals surface area contributed by atoms with Crippen LogP contribution in [0.1, 0.15) is 26.5 Å². The standard InChI is InChI=1S/C16H25N3S/c1-5-17-13(11-20-12(2)3)10-15-14-8-6-7-9-16(14)19(4)18-15/h6-9,12-13,17H,5,10-11H2,1-4H3. The molecule has 1 aromatic carbocycles. The number of hydrogen-bond acceptors (Lipinski definition) is 3. The van der Waals surface area contributed by atoms with Crippen LogP contribution in [-0.4, -0.2) is 33.4 Å². The minimum atomic E-state index is 0.491. The second-order valence-corrected chi connectivity index (χ2v) is 7.04. The molecule has 0 radical (unpaired) electrons. The minimum Gasteiger partial charge on any atom is -0.313 e. The molecule has 2 aromatic rings. The molecule has 4 heteroatoms. The van der Waals surface area contributed by atoms with Gasteiger partial charge >= 0.3 is 0 Å². The highest BCUT2D eigenvalue weighted by molar-refractivity contribution is 7.99. The van der Waals surface area contributed by atoms with Gasteiger partial charge in [0.1, 0.15) is 0 Å². The first-order valence-electron chi connectivity index (χ1n) is 7.37. The predicted molar refractivity (Wildman–Crippen MR) is 89.5 cm³/mol. The topological polar surface area (TPSA) is 29.9 Å². The Kier molecular flexibility index (Phi) is 5.49. The Hall–Kier alpha value is -1.00. The van der Waals surface area contributed by atoms with E-state index in [-0.39, 0.29) is 0 Å². The SMILES string of the molecule is CCNC(CSC(C)C)Cc1nn(C)c2ccccc12. The average molecular weight is 291 g/mol. The molecule has 3 nitrogen and oxygen atoms in total. The van der Waals surface area contributed by atoms with Crippen molar-refractivity contribution in [1.29, 1.82) is 0 Å². The van der Waals surface area contributed by atoms with Crippen LogP contribution in [0.15, 0.2) is 24.3 Å². The van der Waals surface area contributed by atoms with Gasteiger partial charge in [-0.3, -0.25) is 4.68 Å². The van der Waals surface area contributed by atoms with Crippen molar-refractivity contribution < 1.29 is 0 Å². The van der Waals surface area contributed by atoms with E-state index < -0.39 is 0 Å². The Balaban J connectivity index is 2.15. The summed E-state index contributed by atoms with van der Waals surface area (Å²) in [7, 11) is 2.02. The molecule has 2 rings (SSSR count). The lowest BCUT2D eigenvalue weighted by atomic mass is 10.1. The Morgan fingerprint density at radius 1 is 1.30 bits per heavy atom. The fourth-order valence-electron chi connectivity index (χ4n) is 2.46. The van der Waals surface area contributed by atoms with Gasteiger partial charge in [0.05, 0.1) is 11.2 Å². The van der Waals surface area contributed by atoms with Gasteiger partial charge in [-0.05, 0) is 17.9 Å². The number of nitrogens with one attached hydrogen (secondary N) is 1. The summed E-state index contributed by atoms with van der Waals surface area (Å²) in [5.74, 6) is 1.14. The molecule has 20 heavy (non-hydrogen) atoms. The number of para-hydroxylation sites is 1. The Labute approximate surface area is 126 Å². The van der Waals surface area contributed by atoms with E-state index >= 15 is 0 Å². The molecule has 1 heterocycles. The molecule has 0 amide bonds. The zero-order valence-corrected chi connectivity index (χ0v) is 13.7. The second kappa shape index (κ2) is 7.14. The van der Waals surface area contributed by atoms with Gasteiger partial charge in [-0.1, -0.05) is 39.0 Å². The van der Waals surface area contributed by atoms with Gasteiger partial charge < -0.3 is 5.32 Å². The van der Waals surface area contributed by atoms with Gasteiger partial charge in [-0.25, -0.2) is 0 Å². The molecule has 1 aromatic heterocycles. The molecule has 110 valence electrons. The quantitative estimate of drug-likeness (QED) is 0.849. The predicted octanol–water partition coefficient (Wildman–Crippen LogP) is 3.24. The van der Waals surface area contributed by atoms with E-state index in [1.165, 1.54) is 16.6 Å². The van der Waals surface area contributed by atoms with E-state index in [1.54, 1.807) is 0 Å². The molecule has 0 aliphatic heterocycles. The van der Waals surface area contributed by atoms with Crippen molar-refractivity contribution in [2.45, 2.75) is 38.5 Å². The van der Waals surface area contributed by atoms with Crippen molar-refractivity contribution in [2.75, 3.05) is 12.3 Å². The first-order chi connectivity index (χ1) is 9.61. The largest absolute Gasteiger partial charge is 0.313 e. The molecule has 0 fully saturated rings. The summed E-state index contributed by atoms with van der Waals surface area (Å²) in [6.07, 6.45) is 0.995. The lowest BCUT2D eigenvalue weighted by Crippen LogP contribution is -2.33. The smallest absolute Gasteiger partial charge is 0.0719 e. The molecule has 0 saturated heterocycles. The van der Waals surface area contributed by atoms with Crippen LogP contribution in [0, 0.1) is 0 Å². The molecule has 1 atom stereocenters. The molecular weight excluding hydrogens is 266 g/mol. The molecule has 0 aliphatic rings. The summed E-state index contributed by atoms with van der Waals surface area (Å²) in [6.45, 7) is 7.69. The number of nitrogens with zero attached hydrogens (tertiary/aromatic N) is 2. The fourth-order valence-corrected chi connectivity index (χ4v) is 3.31. The van der Waals surface area contributed by atoms with Crippen molar-refractivity contribution in [3.8, 4) is 0 Å². The zero-order chi connectivity index (χ0) is 14.5. The third-order valence-corrected chi connectivity index (χ3v) is 4.66. The maximum Gasteiger partial charge on any atom is 0.0719 e. The van der Waals surface area contributed by atoms with Crippen LogP contribution in [-0.2, 0) is 13.5 Å². The average Bonchev–Trinajstić information content (AvgIpc) is 2.74. The molecule has 0 saturated carbocycles. The number of rotatable bonds is 7. The Morgan fingerprint density at radius 2 is 2.05 bits per heavy atom. The number of hydrogen-bond donors (Lipinski definition) is 1. The van der Waals surface area contributed by atoms with E-state index in [2.05, 4.69) is 50.4 Å². The van der Waals surface area contributed by atoms with Gasteiger partial charge in [0, 0.05) is 30.6 Å². The van der Waals surface area contributed by atoms with Crippen molar-refractivity contribution in [2.24, 2.45) is 7.05 Å². The first-order valence-corrected chi connectivity index (χ1v) is 8.42. The van der Waals surface area contributed by atoms with E-state index in [0.717, 1.165) is 18.7 Å². The van der Waals surface area contributed by atoms with Crippen LogP contribution in [0.5, 0.6) is 0 Å². The van der Waals surface area contributed by atoms with Gasteiger partial charge in [0.25, 0.3) is 0 Å². The monoisotopic (exact) mass is 291 g/mol. The maximum atomic E-state index is 4.71. The highest BCUT2D eigenvalue weighted by atomic mass is 32.2. The van der Waals surface area contributed by atoms with Gasteiger partial charge in [0.2, 0.25) is 0 Å². The van der Waals surface area contributed by atoms with E-state index in [9.17, 15) is 0 Å². The molecule has 0 spiro atoms. The summed E-state index contributed by atoms with van der Waals surface area (Å²) in [5, 5.41) is 10.3. The van der Waals surface area contributed by atoms with Crippen LogP contribution in [0.25, 0.3) is 10.9 Å². The minimum absolute atomic E-state index is 0.491. The number of aromatic nitrogens is 2. The van der Waals surface area contributed by atoms with Gasteiger partial charge in [-0.15, -0.1) is 0 Å². The Morgan fingerprint density at radius 3 is 2.75 bits per heavy atom. The summed E-state index contributed by atoms with van der Waals surface area (Å²) in [4.78, 5) is 0. The van der Waals surface area contributed by atoms with Crippen LogP contribution < -0.4 is 5.32 Å². The highest BCUT2D eigenvalue weighted by Gasteiger charge is 2.15. The van der Waals surface area contributed by atoms with Gasteiger partial charge in [0.15, 0.2) is 0 Å². The zero-order valence-electron chi connectivity index (χ0n) is 12.9. The first kappa shape index (κ1) is 15.4. The Bertz CT molecular complexity index is 548. The molecular formula is C16H25N3S. The number of fused-ring (bicyclic) bond motifs is 1. The van der Waals surface area contributed by atoms with Crippen LogP contribution in [0.4, 0.5) is 0 Å². The normalized spacial score (nSPS) is 13.2. The fraction of sp³-hybridized carbons (Fsp3) is 0.562. The summed E-state index contributed by atoms with van der Waals surface area (Å²) < 4.78 is 1.99. The van der Waals surface area contributed by atoms with Crippen molar-refractivity contribution in [1.82, 2.24) is 15.1 Å². The number of aryl methyl sites for hydroxylation is 1. The summed E-state index contributed by atoms with van der Waals surface area (Å²) in [6, 6.07) is 8.97. The van der Waals surface area contributed by atoms with Crippen molar-refractivity contribution in [3.05, 3.63) is 30.0 Å². The van der Waals surface area contributed by atoms with E-state index in [4.69, 9.17) is 5.10 Å². The summed E-state index contributed by atoms with van der Waals surface area (Å²) in [5.41, 5.74) is 2.42. The lowest BCUT2D eigenvalue weighted by molar-refractivity contribution is 0.563. The molecule has 1 N–H and O–H groups in total. The highest BCUT2D eigenvalue weighted by Crippen LogP contribution is 2.20. The third-order valence-electron chi connectivity index (χ3n) is 3.40. The van der Waals surface area contributed by atoms with Crippen molar-refractivity contribution >= 4 is 22.7 Å². The second-order valence-electron chi connectivity index (χ2n) is 5.43. The number of thioether (sulfide) groups is 1. The van der Waals surface area contributed by atoms with E-state index in [1.807, 2.05) is 23.5 Å². The van der Waals surface area contributed by atoms with Crippen LogP contribution in [0.3, 0.4) is 0 Å².